The van der Waals surface area contributed by atoms with Crippen molar-refractivity contribution < 1.29 is 4.79 Å². The Morgan fingerprint density at radius 2 is 2.21 bits per heavy atom. The number of carbonyl (C=O) groups excluding carboxylic acids is 1. The lowest BCUT2D eigenvalue weighted by molar-refractivity contribution is 0.0735. The number of hydrogen-bond acceptors (Lipinski definition) is 4. The fourth-order valence-electron chi connectivity index (χ4n) is 3.19. The molecule has 0 N–H and O–H groups in total. The molecule has 122 valence electrons. The van der Waals surface area contributed by atoms with Crippen LogP contribution >= 0.6 is 0 Å². The van der Waals surface area contributed by atoms with Crippen LogP contribution in [0.1, 0.15) is 34.8 Å². The molecule has 24 heavy (non-hydrogen) atoms. The van der Waals surface area contributed by atoms with Crippen LogP contribution in [0.2, 0.25) is 0 Å². The molecule has 7 heteroatoms. The maximum Gasteiger partial charge on any atom is 0.255 e. The lowest BCUT2D eigenvalue weighted by Gasteiger charge is -2.24. The summed E-state index contributed by atoms with van der Waals surface area (Å²) in [7, 11) is 1.89. The normalized spacial score (nSPS) is 17.4. The van der Waals surface area contributed by atoms with Crippen LogP contribution in [0.5, 0.6) is 0 Å². The van der Waals surface area contributed by atoms with Gasteiger partial charge < -0.3 is 4.90 Å². The van der Waals surface area contributed by atoms with Crippen molar-refractivity contribution in [2.75, 3.05) is 6.54 Å². The number of pyridine rings is 1. The van der Waals surface area contributed by atoms with E-state index in [1.165, 1.54) is 0 Å². The zero-order valence-electron chi connectivity index (χ0n) is 13.4. The Morgan fingerprint density at radius 1 is 1.29 bits per heavy atom. The minimum atomic E-state index is 0.0195. The Bertz CT molecular complexity index is 836. The molecule has 0 aromatic carbocycles. The third kappa shape index (κ3) is 2.58. The molecule has 4 heterocycles. The summed E-state index contributed by atoms with van der Waals surface area (Å²) in [6.07, 6.45) is 12.6. The zero-order valence-corrected chi connectivity index (χ0v) is 13.4. The lowest BCUT2D eigenvalue weighted by Crippen LogP contribution is -2.30. The lowest BCUT2D eigenvalue weighted by atomic mass is 10.1. The predicted octanol–water partition coefficient (Wildman–Crippen LogP) is 1.98. The van der Waals surface area contributed by atoms with Crippen molar-refractivity contribution >= 4 is 5.91 Å². The Kier molecular flexibility index (Phi) is 3.60. The molecule has 1 fully saturated rings. The number of amides is 1. The fourth-order valence-corrected chi connectivity index (χ4v) is 3.19. The highest BCUT2D eigenvalue weighted by atomic mass is 16.2. The van der Waals surface area contributed by atoms with Crippen LogP contribution in [0.3, 0.4) is 0 Å². The number of rotatable bonds is 3. The quantitative estimate of drug-likeness (QED) is 0.739. The van der Waals surface area contributed by atoms with Gasteiger partial charge in [0.05, 0.1) is 17.8 Å². The minimum Gasteiger partial charge on any atom is -0.331 e. The molecule has 1 aliphatic rings. The van der Waals surface area contributed by atoms with Crippen molar-refractivity contribution in [2.24, 2.45) is 7.05 Å². The van der Waals surface area contributed by atoms with Crippen LogP contribution in [0.25, 0.3) is 5.82 Å². The predicted molar refractivity (Wildman–Crippen MR) is 87.6 cm³/mol. The van der Waals surface area contributed by atoms with Gasteiger partial charge in [-0.25, -0.2) is 9.97 Å². The first-order chi connectivity index (χ1) is 11.7. The van der Waals surface area contributed by atoms with E-state index in [1.54, 1.807) is 23.4 Å². The molecule has 0 bridgehead atoms. The second-order valence-corrected chi connectivity index (χ2v) is 5.98. The maximum absolute atomic E-state index is 12.9. The number of aromatic nitrogens is 5. The number of aryl methyl sites for hydroxylation is 1. The summed E-state index contributed by atoms with van der Waals surface area (Å²) in [6, 6.07) is 3.76. The summed E-state index contributed by atoms with van der Waals surface area (Å²) in [5.41, 5.74) is 1.70. The molecule has 1 saturated heterocycles. The molecular formula is C17H18N6O. The van der Waals surface area contributed by atoms with Gasteiger partial charge in [-0.3, -0.25) is 14.0 Å². The van der Waals surface area contributed by atoms with Gasteiger partial charge >= 0.3 is 0 Å². The third-order valence-electron chi connectivity index (χ3n) is 4.39. The van der Waals surface area contributed by atoms with Crippen molar-refractivity contribution in [3.63, 3.8) is 0 Å². The number of hydrogen-bond donors (Lipinski definition) is 0. The second-order valence-electron chi connectivity index (χ2n) is 5.98. The molecule has 0 radical (unpaired) electrons. The van der Waals surface area contributed by atoms with Crippen LogP contribution in [0.15, 0.2) is 49.4 Å². The topological polar surface area (TPSA) is 68.8 Å². The highest BCUT2D eigenvalue weighted by Crippen LogP contribution is 2.32. The van der Waals surface area contributed by atoms with E-state index in [9.17, 15) is 4.79 Å². The van der Waals surface area contributed by atoms with Gasteiger partial charge in [0.15, 0.2) is 0 Å². The Hall–Kier alpha value is -2.96. The Labute approximate surface area is 139 Å². The highest BCUT2D eigenvalue weighted by molar-refractivity contribution is 5.94. The Balaban J connectivity index is 1.56. The average Bonchev–Trinajstić information content (AvgIpc) is 3.35. The highest BCUT2D eigenvalue weighted by Gasteiger charge is 2.31. The van der Waals surface area contributed by atoms with Gasteiger partial charge in [0.25, 0.3) is 5.91 Å². The molecule has 0 saturated carbocycles. The van der Waals surface area contributed by atoms with Crippen LogP contribution in [0, 0.1) is 0 Å². The van der Waals surface area contributed by atoms with Gasteiger partial charge in [0, 0.05) is 43.9 Å². The summed E-state index contributed by atoms with van der Waals surface area (Å²) < 4.78 is 3.58. The van der Waals surface area contributed by atoms with E-state index in [-0.39, 0.29) is 11.9 Å². The molecule has 3 aromatic rings. The number of likely N-dealkylation sites (tertiary alicyclic amines) is 1. The van der Waals surface area contributed by atoms with Crippen molar-refractivity contribution in [3.05, 3.63) is 60.6 Å². The fraction of sp³-hybridized carbons (Fsp3) is 0.294. The molecule has 7 nitrogen and oxygen atoms in total. The first-order valence-electron chi connectivity index (χ1n) is 7.96. The summed E-state index contributed by atoms with van der Waals surface area (Å²) in [5, 5.41) is 4.23. The van der Waals surface area contributed by atoms with E-state index in [0.717, 1.165) is 30.8 Å². The van der Waals surface area contributed by atoms with Crippen LogP contribution < -0.4 is 0 Å². The Morgan fingerprint density at radius 3 is 2.88 bits per heavy atom. The van der Waals surface area contributed by atoms with E-state index >= 15 is 0 Å². The molecule has 4 rings (SSSR count). The van der Waals surface area contributed by atoms with E-state index in [1.807, 2.05) is 47.2 Å². The van der Waals surface area contributed by atoms with Gasteiger partial charge in [-0.2, -0.15) is 5.10 Å². The van der Waals surface area contributed by atoms with Crippen molar-refractivity contribution in [1.29, 1.82) is 0 Å². The molecule has 3 aromatic heterocycles. The largest absolute Gasteiger partial charge is 0.331 e. The first-order valence-corrected chi connectivity index (χ1v) is 7.96. The molecule has 0 aliphatic carbocycles. The summed E-state index contributed by atoms with van der Waals surface area (Å²) in [5.74, 6) is 0.764. The van der Waals surface area contributed by atoms with E-state index < -0.39 is 0 Å². The van der Waals surface area contributed by atoms with E-state index in [4.69, 9.17) is 0 Å². The van der Waals surface area contributed by atoms with E-state index in [0.29, 0.717) is 5.56 Å². The summed E-state index contributed by atoms with van der Waals surface area (Å²) in [4.78, 5) is 23.2. The maximum atomic E-state index is 12.9. The molecular weight excluding hydrogens is 304 g/mol. The third-order valence-corrected chi connectivity index (χ3v) is 4.39. The zero-order chi connectivity index (χ0) is 16.5. The summed E-state index contributed by atoms with van der Waals surface area (Å²) >= 11 is 0. The smallest absolute Gasteiger partial charge is 0.255 e. The molecule has 0 unspecified atom stereocenters. The molecule has 1 atom stereocenters. The van der Waals surface area contributed by atoms with Gasteiger partial charge in [-0.05, 0) is 25.0 Å². The van der Waals surface area contributed by atoms with Crippen LogP contribution in [-0.2, 0) is 7.05 Å². The van der Waals surface area contributed by atoms with Crippen LogP contribution in [0.4, 0.5) is 0 Å². The van der Waals surface area contributed by atoms with Gasteiger partial charge in [0.2, 0.25) is 0 Å². The molecule has 1 aliphatic heterocycles. The minimum absolute atomic E-state index is 0.0195. The average molecular weight is 322 g/mol. The number of carbonyl (C=O) groups is 1. The van der Waals surface area contributed by atoms with Gasteiger partial charge in [-0.15, -0.1) is 0 Å². The van der Waals surface area contributed by atoms with Crippen LogP contribution in [-0.4, -0.2) is 41.7 Å². The van der Waals surface area contributed by atoms with E-state index in [2.05, 4.69) is 15.1 Å². The monoisotopic (exact) mass is 322 g/mol. The summed E-state index contributed by atoms with van der Waals surface area (Å²) in [6.45, 7) is 0.766. The number of imidazole rings is 1. The van der Waals surface area contributed by atoms with Gasteiger partial charge in [-0.1, -0.05) is 0 Å². The SMILES string of the molecule is Cn1cc([C@H]2CCCN2C(=O)c2ccc(-n3ccnc3)nc2)cn1. The first kappa shape index (κ1) is 14.6. The van der Waals surface area contributed by atoms with Crippen molar-refractivity contribution in [1.82, 2.24) is 29.2 Å². The second kappa shape index (κ2) is 5.92. The van der Waals surface area contributed by atoms with Crippen molar-refractivity contribution in [3.8, 4) is 5.82 Å². The van der Waals surface area contributed by atoms with Crippen molar-refractivity contribution in [2.45, 2.75) is 18.9 Å². The molecule has 0 spiro atoms. The number of nitrogens with zero attached hydrogens (tertiary/aromatic N) is 6. The van der Waals surface area contributed by atoms with Gasteiger partial charge in [0.1, 0.15) is 12.1 Å². The standard InChI is InChI=1S/C17H18N6O/c1-21-11-14(10-20-21)15-3-2-7-23(15)17(24)13-4-5-16(19-9-13)22-8-6-18-12-22/h4-6,8-12,15H,2-3,7H2,1H3/t15-/m1/s1. The molecule has 1 amide bonds.